The molecule has 0 heterocycles. The number of aryl methyl sites for hydroxylation is 1. The SMILES string of the molecule is CCOc1ccc(CCCNC(=O)C(C)(C)C)cc1. The molecule has 3 heteroatoms. The molecule has 0 unspecified atom stereocenters. The summed E-state index contributed by atoms with van der Waals surface area (Å²) < 4.78 is 5.40. The van der Waals surface area contributed by atoms with E-state index < -0.39 is 0 Å². The van der Waals surface area contributed by atoms with Crippen molar-refractivity contribution >= 4 is 5.91 Å². The zero-order chi connectivity index (χ0) is 14.3. The molecule has 1 amide bonds. The highest BCUT2D eigenvalue weighted by Gasteiger charge is 2.19. The third kappa shape index (κ3) is 5.77. The van der Waals surface area contributed by atoms with Crippen molar-refractivity contribution in [3.63, 3.8) is 0 Å². The van der Waals surface area contributed by atoms with Crippen LogP contribution in [-0.2, 0) is 11.2 Å². The van der Waals surface area contributed by atoms with Gasteiger partial charge in [-0.25, -0.2) is 0 Å². The summed E-state index contributed by atoms with van der Waals surface area (Å²) >= 11 is 0. The normalized spacial score (nSPS) is 11.2. The van der Waals surface area contributed by atoms with Crippen LogP contribution in [-0.4, -0.2) is 19.1 Å². The molecule has 0 aliphatic carbocycles. The van der Waals surface area contributed by atoms with Gasteiger partial charge in [0.15, 0.2) is 0 Å². The maximum absolute atomic E-state index is 11.7. The summed E-state index contributed by atoms with van der Waals surface area (Å²) in [5.41, 5.74) is 0.965. The number of hydrogen-bond donors (Lipinski definition) is 1. The van der Waals surface area contributed by atoms with Crippen LogP contribution in [0, 0.1) is 5.41 Å². The summed E-state index contributed by atoms with van der Waals surface area (Å²) in [6.07, 6.45) is 1.92. The van der Waals surface area contributed by atoms with Crippen molar-refractivity contribution in [3.8, 4) is 5.75 Å². The third-order valence-corrected chi connectivity index (χ3v) is 2.84. The molecule has 0 bridgehead atoms. The number of ether oxygens (including phenoxy) is 1. The van der Waals surface area contributed by atoms with Crippen LogP contribution in [0.2, 0.25) is 0 Å². The summed E-state index contributed by atoms with van der Waals surface area (Å²) in [6, 6.07) is 8.15. The molecular weight excluding hydrogens is 238 g/mol. The first-order valence-corrected chi connectivity index (χ1v) is 6.93. The molecule has 0 aliphatic heterocycles. The van der Waals surface area contributed by atoms with Crippen LogP contribution in [0.4, 0.5) is 0 Å². The number of carbonyl (C=O) groups is 1. The second kappa shape index (κ2) is 7.17. The Morgan fingerprint density at radius 1 is 1.21 bits per heavy atom. The fraction of sp³-hybridized carbons (Fsp3) is 0.562. The lowest BCUT2D eigenvalue weighted by Crippen LogP contribution is -2.35. The van der Waals surface area contributed by atoms with Crippen LogP contribution in [0.25, 0.3) is 0 Å². The minimum atomic E-state index is -0.306. The molecule has 0 saturated carbocycles. The topological polar surface area (TPSA) is 38.3 Å². The Morgan fingerprint density at radius 3 is 2.37 bits per heavy atom. The van der Waals surface area contributed by atoms with E-state index in [0.717, 1.165) is 25.1 Å². The number of carbonyl (C=O) groups excluding carboxylic acids is 1. The average Bonchev–Trinajstić information content (AvgIpc) is 2.35. The van der Waals surface area contributed by atoms with Gasteiger partial charge in [0.2, 0.25) is 5.91 Å². The smallest absolute Gasteiger partial charge is 0.225 e. The molecule has 0 aliphatic rings. The Bertz CT molecular complexity index is 390. The van der Waals surface area contributed by atoms with E-state index >= 15 is 0 Å². The Hall–Kier alpha value is -1.51. The van der Waals surface area contributed by atoms with E-state index in [1.807, 2.05) is 39.8 Å². The lowest BCUT2D eigenvalue weighted by Gasteiger charge is -2.17. The number of amides is 1. The van der Waals surface area contributed by atoms with E-state index in [2.05, 4.69) is 17.4 Å². The van der Waals surface area contributed by atoms with Crippen molar-refractivity contribution in [3.05, 3.63) is 29.8 Å². The molecule has 1 rings (SSSR count). The van der Waals surface area contributed by atoms with E-state index in [1.165, 1.54) is 5.56 Å². The quantitative estimate of drug-likeness (QED) is 0.801. The van der Waals surface area contributed by atoms with E-state index in [1.54, 1.807) is 0 Å². The van der Waals surface area contributed by atoms with Gasteiger partial charge in [-0.05, 0) is 37.5 Å². The second-order valence-electron chi connectivity index (χ2n) is 5.69. The lowest BCUT2D eigenvalue weighted by atomic mass is 9.95. The highest BCUT2D eigenvalue weighted by molar-refractivity contribution is 5.81. The number of nitrogens with one attached hydrogen (secondary N) is 1. The predicted molar refractivity (Wildman–Crippen MR) is 78.4 cm³/mol. The van der Waals surface area contributed by atoms with E-state index in [-0.39, 0.29) is 11.3 Å². The maximum Gasteiger partial charge on any atom is 0.225 e. The summed E-state index contributed by atoms with van der Waals surface area (Å²) in [7, 11) is 0. The predicted octanol–water partition coefficient (Wildman–Crippen LogP) is 3.18. The van der Waals surface area contributed by atoms with Crippen molar-refractivity contribution in [1.82, 2.24) is 5.32 Å². The monoisotopic (exact) mass is 263 g/mol. The van der Waals surface area contributed by atoms with Gasteiger partial charge in [-0.2, -0.15) is 0 Å². The first kappa shape index (κ1) is 15.5. The molecule has 106 valence electrons. The van der Waals surface area contributed by atoms with Crippen molar-refractivity contribution in [1.29, 1.82) is 0 Å². The van der Waals surface area contributed by atoms with Crippen LogP contribution in [0.1, 0.15) is 39.7 Å². The molecular formula is C16H25NO2. The fourth-order valence-corrected chi connectivity index (χ4v) is 1.68. The largest absolute Gasteiger partial charge is 0.494 e. The van der Waals surface area contributed by atoms with Gasteiger partial charge in [-0.1, -0.05) is 32.9 Å². The van der Waals surface area contributed by atoms with Gasteiger partial charge in [0.05, 0.1) is 6.61 Å². The highest BCUT2D eigenvalue weighted by atomic mass is 16.5. The minimum Gasteiger partial charge on any atom is -0.494 e. The Labute approximate surface area is 116 Å². The Kier molecular flexibility index (Phi) is 5.87. The number of benzene rings is 1. The zero-order valence-electron chi connectivity index (χ0n) is 12.5. The average molecular weight is 263 g/mol. The van der Waals surface area contributed by atoms with Crippen LogP contribution >= 0.6 is 0 Å². The summed E-state index contributed by atoms with van der Waals surface area (Å²) in [4.78, 5) is 11.7. The van der Waals surface area contributed by atoms with E-state index in [9.17, 15) is 4.79 Å². The Morgan fingerprint density at radius 2 is 1.84 bits per heavy atom. The van der Waals surface area contributed by atoms with Crippen molar-refractivity contribution in [2.75, 3.05) is 13.2 Å². The zero-order valence-corrected chi connectivity index (χ0v) is 12.5. The molecule has 0 saturated heterocycles. The number of rotatable bonds is 6. The standard InChI is InChI=1S/C16H25NO2/c1-5-19-14-10-8-13(9-11-14)7-6-12-17-15(18)16(2,3)4/h8-11H,5-7,12H2,1-4H3,(H,17,18). The van der Waals surface area contributed by atoms with Crippen LogP contribution < -0.4 is 10.1 Å². The van der Waals surface area contributed by atoms with Crippen molar-refractivity contribution in [2.24, 2.45) is 5.41 Å². The molecule has 0 spiro atoms. The van der Waals surface area contributed by atoms with E-state index in [4.69, 9.17) is 4.74 Å². The van der Waals surface area contributed by atoms with Gasteiger partial charge in [-0.3, -0.25) is 4.79 Å². The van der Waals surface area contributed by atoms with Crippen LogP contribution in [0.5, 0.6) is 5.75 Å². The van der Waals surface area contributed by atoms with Gasteiger partial charge in [0.1, 0.15) is 5.75 Å². The first-order chi connectivity index (χ1) is 8.93. The van der Waals surface area contributed by atoms with Gasteiger partial charge in [0.25, 0.3) is 0 Å². The molecule has 1 aromatic rings. The lowest BCUT2D eigenvalue weighted by molar-refractivity contribution is -0.128. The molecule has 0 aromatic heterocycles. The second-order valence-corrected chi connectivity index (χ2v) is 5.69. The third-order valence-electron chi connectivity index (χ3n) is 2.84. The highest BCUT2D eigenvalue weighted by Crippen LogP contribution is 2.14. The number of hydrogen-bond acceptors (Lipinski definition) is 2. The molecule has 0 atom stereocenters. The van der Waals surface area contributed by atoms with Gasteiger partial charge in [0, 0.05) is 12.0 Å². The minimum absolute atomic E-state index is 0.110. The summed E-state index contributed by atoms with van der Waals surface area (Å²) in [6.45, 7) is 9.17. The van der Waals surface area contributed by atoms with Crippen LogP contribution in [0.3, 0.4) is 0 Å². The summed E-state index contributed by atoms with van der Waals surface area (Å²) in [5.74, 6) is 1.02. The first-order valence-electron chi connectivity index (χ1n) is 6.93. The van der Waals surface area contributed by atoms with Gasteiger partial charge in [-0.15, -0.1) is 0 Å². The molecule has 1 aromatic carbocycles. The van der Waals surface area contributed by atoms with Gasteiger partial charge >= 0.3 is 0 Å². The molecule has 3 nitrogen and oxygen atoms in total. The van der Waals surface area contributed by atoms with E-state index in [0.29, 0.717) is 6.61 Å². The van der Waals surface area contributed by atoms with Crippen molar-refractivity contribution in [2.45, 2.75) is 40.5 Å². The molecule has 1 N–H and O–H groups in total. The maximum atomic E-state index is 11.7. The van der Waals surface area contributed by atoms with Crippen molar-refractivity contribution < 1.29 is 9.53 Å². The molecule has 0 radical (unpaired) electrons. The Balaban J connectivity index is 2.28. The molecule has 19 heavy (non-hydrogen) atoms. The van der Waals surface area contributed by atoms with Gasteiger partial charge < -0.3 is 10.1 Å². The summed E-state index contributed by atoms with van der Waals surface area (Å²) in [5, 5.41) is 2.96. The van der Waals surface area contributed by atoms with Crippen LogP contribution in [0.15, 0.2) is 24.3 Å². The fourth-order valence-electron chi connectivity index (χ4n) is 1.68. The molecule has 0 fully saturated rings.